The lowest BCUT2D eigenvalue weighted by molar-refractivity contribution is -0.258. The van der Waals surface area contributed by atoms with Gasteiger partial charge in [0, 0.05) is 24.6 Å². The van der Waals surface area contributed by atoms with E-state index in [1.807, 2.05) is 0 Å². The smallest absolute Gasteiger partial charge is 0.215 e. The Balaban J connectivity index is 1.92. The van der Waals surface area contributed by atoms with E-state index in [1.165, 1.54) is 11.1 Å². The van der Waals surface area contributed by atoms with Crippen molar-refractivity contribution in [1.29, 1.82) is 0 Å². The average molecular weight is 355 g/mol. The minimum absolute atomic E-state index is 0.337. The van der Waals surface area contributed by atoms with Gasteiger partial charge in [0.2, 0.25) is 6.41 Å². The maximum Gasteiger partial charge on any atom is 0.215 e. The maximum atomic E-state index is 11.6. The normalized spacial score (nSPS) is 33.2. The number of amides is 1. The number of aliphatic hydroxyl groups is 2. The SMILES string of the molecule is CC(C=O)=CN(C=O)[C@@H]1OC(CO)(CO)[C@@H]2OC3(CCCCC3)OC12. The van der Waals surface area contributed by atoms with Crippen molar-refractivity contribution in [2.24, 2.45) is 0 Å². The zero-order valence-electron chi connectivity index (χ0n) is 14.3. The molecule has 2 heterocycles. The average Bonchev–Trinajstić information content (AvgIpc) is 3.14. The van der Waals surface area contributed by atoms with Crippen LogP contribution in [0.25, 0.3) is 0 Å². The summed E-state index contributed by atoms with van der Waals surface area (Å²) in [5.74, 6) is -0.761. The summed E-state index contributed by atoms with van der Waals surface area (Å²) in [6.07, 6.45) is 4.79. The van der Waals surface area contributed by atoms with Crippen LogP contribution in [0.5, 0.6) is 0 Å². The number of nitrogens with zero attached hydrogens (tertiary/aromatic N) is 1. The molecule has 3 aliphatic rings. The molecule has 1 spiro atoms. The molecule has 1 amide bonds. The van der Waals surface area contributed by atoms with Crippen molar-refractivity contribution in [2.45, 2.75) is 68.9 Å². The zero-order chi connectivity index (χ0) is 18.1. The second kappa shape index (κ2) is 7.13. The summed E-state index contributed by atoms with van der Waals surface area (Å²) in [4.78, 5) is 23.6. The molecule has 0 bridgehead atoms. The second-order valence-electron chi connectivity index (χ2n) is 7.03. The van der Waals surface area contributed by atoms with Gasteiger partial charge in [-0.1, -0.05) is 6.42 Å². The fourth-order valence-corrected chi connectivity index (χ4v) is 3.92. The lowest BCUT2D eigenvalue weighted by Gasteiger charge is -2.37. The Labute approximate surface area is 146 Å². The predicted octanol–water partition coefficient (Wildman–Crippen LogP) is 0.0716. The summed E-state index contributed by atoms with van der Waals surface area (Å²) in [6.45, 7) is 0.628. The molecule has 8 heteroatoms. The van der Waals surface area contributed by atoms with Gasteiger partial charge in [0.15, 0.2) is 12.0 Å². The van der Waals surface area contributed by atoms with Crippen molar-refractivity contribution >= 4 is 12.7 Å². The first-order valence-electron chi connectivity index (χ1n) is 8.64. The summed E-state index contributed by atoms with van der Waals surface area (Å²) < 4.78 is 18.2. The molecule has 0 aromatic rings. The Bertz CT molecular complexity index is 539. The van der Waals surface area contributed by atoms with E-state index < -0.39 is 43.0 Å². The lowest BCUT2D eigenvalue weighted by Crippen LogP contribution is -2.50. The summed E-state index contributed by atoms with van der Waals surface area (Å²) in [7, 11) is 0. The first-order chi connectivity index (χ1) is 12.0. The van der Waals surface area contributed by atoms with Crippen LogP contribution >= 0.6 is 0 Å². The highest BCUT2D eigenvalue weighted by molar-refractivity contribution is 5.72. The summed E-state index contributed by atoms with van der Waals surface area (Å²) >= 11 is 0. The molecular weight excluding hydrogens is 330 g/mol. The van der Waals surface area contributed by atoms with Crippen LogP contribution in [-0.2, 0) is 23.8 Å². The summed E-state index contributed by atoms with van der Waals surface area (Å²) in [6, 6.07) is 0. The predicted molar refractivity (Wildman–Crippen MR) is 85.1 cm³/mol. The quantitative estimate of drug-likeness (QED) is 0.513. The third-order valence-corrected chi connectivity index (χ3v) is 5.25. The molecule has 1 unspecified atom stereocenters. The van der Waals surface area contributed by atoms with Crippen molar-refractivity contribution in [2.75, 3.05) is 13.2 Å². The molecule has 140 valence electrons. The van der Waals surface area contributed by atoms with Crippen molar-refractivity contribution in [3.05, 3.63) is 11.8 Å². The fraction of sp³-hybridized carbons (Fsp3) is 0.765. The highest BCUT2D eigenvalue weighted by Crippen LogP contribution is 2.49. The van der Waals surface area contributed by atoms with Gasteiger partial charge in [-0.2, -0.15) is 0 Å². The molecule has 2 aliphatic heterocycles. The number of rotatable bonds is 6. The number of aldehydes is 1. The molecular formula is C17H25NO7. The summed E-state index contributed by atoms with van der Waals surface area (Å²) in [5.41, 5.74) is -1.02. The number of carbonyl (C=O) groups excluding carboxylic acids is 2. The Morgan fingerprint density at radius 2 is 1.80 bits per heavy atom. The van der Waals surface area contributed by atoms with E-state index >= 15 is 0 Å². The van der Waals surface area contributed by atoms with Gasteiger partial charge in [-0.3, -0.25) is 14.5 Å². The largest absolute Gasteiger partial charge is 0.393 e. The first-order valence-corrected chi connectivity index (χ1v) is 8.64. The molecule has 8 nitrogen and oxygen atoms in total. The summed E-state index contributed by atoms with van der Waals surface area (Å²) in [5, 5.41) is 19.7. The monoisotopic (exact) mass is 355 g/mol. The number of hydrogen-bond acceptors (Lipinski definition) is 7. The Kier molecular flexibility index (Phi) is 5.26. The lowest BCUT2D eigenvalue weighted by atomic mass is 9.94. The minimum Gasteiger partial charge on any atom is -0.393 e. The van der Waals surface area contributed by atoms with E-state index in [-0.39, 0.29) is 0 Å². The number of ether oxygens (including phenoxy) is 3. The Morgan fingerprint density at radius 3 is 2.36 bits per heavy atom. The third kappa shape index (κ3) is 3.13. The molecule has 0 aromatic carbocycles. The van der Waals surface area contributed by atoms with Crippen LogP contribution in [0.2, 0.25) is 0 Å². The standard InChI is InChI=1S/C17H25NO7/c1-12(8-19)7-18(11-22)15-13-14(16(9-20,10-21)25-15)24-17(23-13)5-3-2-4-6-17/h7-8,11,13-15,20-21H,2-6,9-10H2,1H3/t13?,14-,15-/m1/s1. The Hall–Kier alpha value is -1.32. The molecule has 3 fully saturated rings. The van der Waals surface area contributed by atoms with Crippen molar-refractivity contribution in [3.63, 3.8) is 0 Å². The van der Waals surface area contributed by atoms with Gasteiger partial charge < -0.3 is 24.4 Å². The molecule has 3 atom stereocenters. The second-order valence-corrected chi connectivity index (χ2v) is 7.03. The van der Waals surface area contributed by atoms with Crippen LogP contribution in [0, 0.1) is 0 Å². The molecule has 1 aliphatic carbocycles. The number of fused-ring (bicyclic) bond motifs is 1. The van der Waals surface area contributed by atoms with Crippen molar-refractivity contribution in [3.8, 4) is 0 Å². The van der Waals surface area contributed by atoms with Gasteiger partial charge >= 0.3 is 0 Å². The maximum absolute atomic E-state index is 11.6. The molecule has 25 heavy (non-hydrogen) atoms. The van der Waals surface area contributed by atoms with Crippen molar-refractivity contribution in [1.82, 2.24) is 4.90 Å². The molecule has 1 saturated carbocycles. The Morgan fingerprint density at radius 1 is 1.12 bits per heavy atom. The van der Waals surface area contributed by atoms with E-state index in [2.05, 4.69) is 0 Å². The van der Waals surface area contributed by atoms with Gasteiger partial charge in [0.25, 0.3) is 0 Å². The van der Waals surface area contributed by atoms with Crippen LogP contribution < -0.4 is 0 Å². The zero-order valence-corrected chi connectivity index (χ0v) is 14.3. The van der Waals surface area contributed by atoms with Gasteiger partial charge in [0.1, 0.15) is 24.1 Å². The number of allylic oxidation sites excluding steroid dienone is 1. The minimum atomic E-state index is -1.36. The van der Waals surface area contributed by atoms with Gasteiger partial charge in [0.05, 0.1) is 13.2 Å². The van der Waals surface area contributed by atoms with E-state index in [0.29, 0.717) is 18.3 Å². The molecule has 2 N–H and O–H groups in total. The van der Waals surface area contributed by atoms with Crippen molar-refractivity contribution < 1.29 is 34.0 Å². The number of aliphatic hydroxyl groups excluding tert-OH is 2. The first kappa shape index (κ1) is 18.5. The van der Waals surface area contributed by atoms with Gasteiger partial charge in [-0.05, 0) is 19.8 Å². The van der Waals surface area contributed by atoms with E-state index in [1.54, 1.807) is 6.92 Å². The van der Waals surface area contributed by atoms with Crippen LogP contribution in [0.4, 0.5) is 0 Å². The van der Waals surface area contributed by atoms with E-state index in [9.17, 15) is 19.8 Å². The van der Waals surface area contributed by atoms with Gasteiger partial charge in [-0.25, -0.2) is 0 Å². The number of hydrogen-bond donors (Lipinski definition) is 2. The van der Waals surface area contributed by atoms with E-state index in [4.69, 9.17) is 14.2 Å². The molecule has 0 aromatic heterocycles. The van der Waals surface area contributed by atoms with Gasteiger partial charge in [-0.15, -0.1) is 0 Å². The topological polar surface area (TPSA) is 106 Å². The van der Waals surface area contributed by atoms with E-state index in [0.717, 1.165) is 32.1 Å². The third-order valence-electron chi connectivity index (χ3n) is 5.25. The highest BCUT2D eigenvalue weighted by atomic mass is 16.8. The van der Waals surface area contributed by atoms with Crippen LogP contribution in [-0.4, -0.2) is 70.8 Å². The number of carbonyl (C=O) groups is 2. The van der Waals surface area contributed by atoms with Crippen LogP contribution in [0.3, 0.4) is 0 Å². The molecule has 3 rings (SSSR count). The van der Waals surface area contributed by atoms with Crippen LogP contribution in [0.15, 0.2) is 11.8 Å². The molecule has 0 radical (unpaired) electrons. The fourth-order valence-electron chi connectivity index (χ4n) is 3.92. The highest BCUT2D eigenvalue weighted by Gasteiger charge is 2.65. The van der Waals surface area contributed by atoms with Crippen LogP contribution in [0.1, 0.15) is 39.0 Å². The molecule has 2 saturated heterocycles.